The van der Waals surface area contributed by atoms with Crippen molar-refractivity contribution in [2.24, 2.45) is 11.6 Å². The molecule has 35 heavy (non-hydrogen) atoms. The molecule has 0 aliphatic heterocycles. The van der Waals surface area contributed by atoms with Crippen LogP contribution in [0.15, 0.2) is 42.4 Å². The fraction of sp³-hybridized carbons (Fsp3) is 0.375. The molecule has 0 atom stereocenters. The first kappa shape index (κ1) is 24.4. The number of ether oxygens (including phenoxy) is 1. The molecule has 1 aromatic carbocycles. The van der Waals surface area contributed by atoms with Gasteiger partial charge in [-0.2, -0.15) is 0 Å². The van der Waals surface area contributed by atoms with E-state index in [1.165, 1.54) is 35.3 Å². The number of nitrogens with zero attached hydrogens (tertiary/aromatic N) is 5. The Morgan fingerprint density at radius 2 is 1.89 bits per heavy atom. The summed E-state index contributed by atoms with van der Waals surface area (Å²) in [5.41, 5.74) is 8.91. The van der Waals surface area contributed by atoms with E-state index in [1.54, 1.807) is 7.05 Å². The number of aryl methyl sites for hydroxylation is 1. The van der Waals surface area contributed by atoms with Crippen LogP contribution < -0.4 is 21.6 Å². The van der Waals surface area contributed by atoms with E-state index in [9.17, 15) is 8.78 Å². The Labute approximate surface area is 202 Å². The maximum Gasteiger partial charge on any atom is 0.242 e. The zero-order chi connectivity index (χ0) is 24.9. The lowest BCUT2D eigenvalue weighted by molar-refractivity contribution is 0.153. The summed E-state index contributed by atoms with van der Waals surface area (Å²) in [5.74, 6) is 5.63. The Bertz CT molecular complexity index is 1180. The van der Waals surface area contributed by atoms with E-state index in [0.717, 1.165) is 42.5 Å². The van der Waals surface area contributed by atoms with Gasteiger partial charge in [0.25, 0.3) is 0 Å². The number of pyridine rings is 1. The minimum Gasteiger partial charge on any atom is -0.489 e. The normalized spacial score (nSPS) is 15.0. The van der Waals surface area contributed by atoms with Crippen molar-refractivity contribution in [3.8, 4) is 11.4 Å². The molecule has 11 heteroatoms. The molecule has 0 radical (unpaired) electrons. The van der Waals surface area contributed by atoms with E-state index >= 15 is 0 Å². The number of nitrogens with one attached hydrogen (secondary N) is 1. The van der Waals surface area contributed by atoms with E-state index in [1.807, 2.05) is 19.1 Å². The lowest BCUT2D eigenvalue weighted by atomic mass is 9.98. The highest BCUT2D eigenvalue weighted by molar-refractivity contribution is 5.64. The van der Waals surface area contributed by atoms with E-state index in [2.05, 4.69) is 20.4 Å². The van der Waals surface area contributed by atoms with Gasteiger partial charge in [-0.1, -0.05) is 6.42 Å². The Hall–Kier alpha value is -3.73. The van der Waals surface area contributed by atoms with Crippen LogP contribution in [-0.4, -0.2) is 44.5 Å². The molecule has 0 bridgehead atoms. The van der Waals surface area contributed by atoms with E-state index < -0.39 is 11.6 Å². The Kier molecular flexibility index (Phi) is 7.45. The molecule has 1 aliphatic carbocycles. The number of hydrogen-bond donors (Lipinski definition) is 3. The maximum atomic E-state index is 13.5. The van der Waals surface area contributed by atoms with Crippen LogP contribution in [0, 0.1) is 18.6 Å². The number of hydrogen-bond acceptors (Lipinski definition) is 8. The summed E-state index contributed by atoms with van der Waals surface area (Å²) in [7, 11) is 1.67. The minimum absolute atomic E-state index is 0.196. The first-order valence-corrected chi connectivity index (χ1v) is 11.5. The molecule has 5 N–H and O–H groups in total. The predicted molar refractivity (Wildman–Crippen MR) is 129 cm³/mol. The van der Waals surface area contributed by atoms with Crippen molar-refractivity contribution in [3.63, 3.8) is 0 Å². The summed E-state index contributed by atoms with van der Waals surface area (Å²) < 4.78 is 34.4. The summed E-state index contributed by atoms with van der Waals surface area (Å²) in [6.07, 6.45) is 7.36. The van der Waals surface area contributed by atoms with Gasteiger partial charge in [-0.15, -0.1) is 5.10 Å². The topological polar surface area (TPSA) is 120 Å². The highest BCUT2D eigenvalue weighted by Crippen LogP contribution is 2.26. The number of anilines is 1. The molecule has 186 valence electrons. The number of halogens is 2. The molecule has 9 nitrogen and oxygen atoms in total. The molecular formula is C24H30F2N8O. The second-order valence-corrected chi connectivity index (χ2v) is 8.62. The third-order valence-electron chi connectivity index (χ3n) is 5.91. The number of hydrazine groups is 1. The Morgan fingerprint density at radius 1 is 1.17 bits per heavy atom. The van der Waals surface area contributed by atoms with Gasteiger partial charge in [0, 0.05) is 13.1 Å². The Balaban J connectivity index is 1.48. The van der Waals surface area contributed by atoms with Crippen molar-refractivity contribution in [1.82, 2.24) is 24.8 Å². The molecule has 1 aliphatic rings. The number of aromatic nitrogens is 4. The molecule has 2 aromatic heterocycles. The van der Waals surface area contributed by atoms with Gasteiger partial charge in [0.05, 0.1) is 41.1 Å². The molecule has 0 unspecified atom stereocenters. The van der Waals surface area contributed by atoms with Crippen LogP contribution in [0.1, 0.15) is 43.5 Å². The van der Waals surface area contributed by atoms with Gasteiger partial charge in [0.2, 0.25) is 5.95 Å². The largest absolute Gasteiger partial charge is 0.489 e. The molecule has 2 heterocycles. The van der Waals surface area contributed by atoms with Crippen molar-refractivity contribution in [2.75, 3.05) is 18.9 Å². The number of likely N-dealkylation sites (N-methyl/N-ethyl adjacent to an activating group) is 1. The Morgan fingerprint density at radius 3 is 2.54 bits per heavy atom. The first-order valence-electron chi connectivity index (χ1n) is 11.5. The molecular weight excluding hydrogens is 454 g/mol. The second-order valence-electron chi connectivity index (χ2n) is 8.62. The van der Waals surface area contributed by atoms with Gasteiger partial charge in [-0.05, 0) is 56.9 Å². The summed E-state index contributed by atoms with van der Waals surface area (Å²) >= 11 is 0. The third kappa shape index (κ3) is 6.04. The van der Waals surface area contributed by atoms with Crippen LogP contribution in [0.3, 0.4) is 0 Å². The van der Waals surface area contributed by atoms with Gasteiger partial charge in [-0.3, -0.25) is 0 Å². The van der Waals surface area contributed by atoms with Crippen molar-refractivity contribution in [2.45, 2.75) is 45.1 Å². The van der Waals surface area contributed by atoms with E-state index in [-0.39, 0.29) is 24.3 Å². The number of nitrogens with two attached hydrogens (primary N) is 2. The van der Waals surface area contributed by atoms with Crippen LogP contribution in [0.5, 0.6) is 5.75 Å². The lowest BCUT2D eigenvalue weighted by Crippen LogP contribution is -2.32. The van der Waals surface area contributed by atoms with Crippen LogP contribution in [0.4, 0.5) is 14.7 Å². The SMILES string of the molecule is Cc1nc(/C(N)=C(\CNc2ncn(-c3cc(F)cc(F)c3)n2)N(C)N)ccc1OC1CCCCC1. The van der Waals surface area contributed by atoms with Crippen LogP contribution in [-0.2, 0) is 0 Å². The second kappa shape index (κ2) is 10.7. The summed E-state index contributed by atoms with van der Waals surface area (Å²) in [6.45, 7) is 2.09. The van der Waals surface area contributed by atoms with Gasteiger partial charge in [-0.25, -0.2) is 29.3 Å². The lowest BCUT2D eigenvalue weighted by Gasteiger charge is -2.24. The number of rotatable bonds is 8. The molecule has 0 spiro atoms. The fourth-order valence-electron chi connectivity index (χ4n) is 4.05. The van der Waals surface area contributed by atoms with Crippen molar-refractivity contribution < 1.29 is 13.5 Å². The summed E-state index contributed by atoms with van der Waals surface area (Å²) in [6, 6.07) is 6.82. The zero-order valence-corrected chi connectivity index (χ0v) is 19.8. The molecule has 1 saturated carbocycles. The summed E-state index contributed by atoms with van der Waals surface area (Å²) in [5, 5.41) is 8.64. The van der Waals surface area contributed by atoms with E-state index in [4.69, 9.17) is 16.3 Å². The van der Waals surface area contributed by atoms with Crippen molar-refractivity contribution in [3.05, 3.63) is 65.4 Å². The molecule has 0 amide bonds. The standard InChI is InChI=1S/C24H30F2N8O/c1-15-22(35-19-6-4-3-5-7-19)9-8-20(31-15)23(27)21(33(2)28)13-29-24-30-14-34(32-24)18-11-16(25)10-17(26)12-18/h8-12,14,19H,3-7,13,27-28H2,1-2H3,(H,29,32)/b23-21-. The number of benzene rings is 1. The van der Waals surface area contributed by atoms with Gasteiger partial charge >= 0.3 is 0 Å². The smallest absolute Gasteiger partial charge is 0.242 e. The third-order valence-corrected chi connectivity index (χ3v) is 5.91. The zero-order valence-electron chi connectivity index (χ0n) is 19.8. The maximum absolute atomic E-state index is 13.5. The summed E-state index contributed by atoms with van der Waals surface area (Å²) in [4.78, 5) is 8.77. The molecule has 4 rings (SSSR count). The average Bonchev–Trinajstić information content (AvgIpc) is 3.29. The molecule has 0 saturated heterocycles. The van der Waals surface area contributed by atoms with Gasteiger partial charge < -0.3 is 20.8 Å². The van der Waals surface area contributed by atoms with Crippen molar-refractivity contribution >= 4 is 11.6 Å². The first-order chi connectivity index (χ1) is 16.8. The van der Waals surface area contributed by atoms with Crippen molar-refractivity contribution in [1.29, 1.82) is 0 Å². The van der Waals surface area contributed by atoms with E-state index in [0.29, 0.717) is 17.1 Å². The minimum atomic E-state index is -0.703. The molecule has 3 aromatic rings. The van der Waals surface area contributed by atoms with Crippen LogP contribution >= 0.6 is 0 Å². The highest BCUT2D eigenvalue weighted by Gasteiger charge is 2.18. The van der Waals surface area contributed by atoms with Gasteiger partial charge in [0.1, 0.15) is 23.7 Å². The molecule has 1 fully saturated rings. The highest BCUT2D eigenvalue weighted by atomic mass is 19.1. The van der Waals surface area contributed by atoms with Crippen LogP contribution in [0.25, 0.3) is 11.4 Å². The monoisotopic (exact) mass is 484 g/mol. The fourth-order valence-corrected chi connectivity index (χ4v) is 4.05. The van der Waals surface area contributed by atoms with Gasteiger partial charge in [0.15, 0.2) is 0 Å². The van der Waals surface area contributed by atoms with Crippen LogP contribution in [0.2, 0.25) is 0 Å². The predicted octanol–water partition coefficient (Wildman–Crippen LogP) is 3.51. The quantitative estimate of drug-likeness (QED) is 0.328. The average molecular weight is 485 g/mol.